The number of nitrogens with zero attached hydrogens (tertiary/aromatic N) is 3. The van der Waals surface area contributed by atoms with Crippen molar-refractivity contribution in [2.75, 3.05) is 19.0 Å². The van der Waals surface area contributed by atoms with Gasteiger partial charge in [0.25, 0.3) is 5.89 Å². The van der Waals surface area contributed by atoms with Gasteiger partial charge in [-0.25, -0.2) is 13.6 Å². The number of carbonyl (C=O) groups is 1. The summed E-state index contributed by atoms with van der Waals surface area (Å²) in [6.45, 7) is 0.604. The first-order valence-electron chi connectivity index (χ1n) is 8.43. The van der Waals surface area contributed by atoms with Crippen LogP contribution in [-0.4, -0.2) is 34.7 Å². The Kier molecular flexibility index (Phi) is 5.77. The lowest BCUT2D eigenvalue weighted by atomic mass is 10.1. The number of urea groups is 1. The fraction of sp³-hybridized carbons (Fsp3) is 0.471. The van der Waals surface area contributed by atoms with Crippen LogP contribution in [0.4, 0.5) is 19.3 Å². The average Bonchev–Trinajstić information content (AvgIpc) is 2.93. The van der Waals surface area contributed by atoms with Gasteiger partial charge >= 0.3 is 6.03 Å². The van der Waals surface area contributed by atoms with Crippen LogP contribution in [0.25, 0.3) is 0 Å². The molecule has 9 heteroatoms. The summed E-state index contributed by atoms with van der Waals surface area (Å²) in [5.74, 6) is -0.978. The Morgan fingerprint density at radius 1 is 1.35 bits per heavy atom. The number of hydrogen-bond acceptors (Lipinski definition) is 5. The van der Waals surface area contributed by atoms with E-state index < -0.39 is 29.4 Å². The van der Waals surface area contributed by atoms with E-state index in [0.29, 0.717) is 24.7 Å². The fourth-order valence-corrected chi connectivity index (χ4v) is 3.00. The molecule has 2 amide bonds. The largest absolute Gasteiger partial charge is 0.375 e. The van der Waals surface area contributed by atoms with Crippen LogP contribution in [0.3, 0.4) is 0 Å². The van der Waals surface area contributed by atoms with E-state index in [1.165, 1.54) is 18.1 Å². The number of hydrogen-bond donors (Lipinski definition) is 1. The van der Waals surface area contributed by atoms with Crippen LogP contribution in [0.1, 0.15) is 43.4 Å². The van der Waals surface area contributed by atoms with Crippen molar-refractivity contribution in [1.29, 1.82) is 0 Å². The third-order valence-electron chi connectivity index (χ3n) is 4.26. The first kappa shape index (κ1) is 18.2. The summed E-state index contributed by atoms with van der Waals surface area (Å²) in [5.41, 5.74) is -0.464. The van der Waals surface area contributed by atoms with Crippen LogP contribution in [0.5, 0.6) is 0 Å². The molecule has 0 bridgehead atoms. The van der Waals surface area contributed by atoms with Crippen molar-refractivity contribution >= 4 is 11.7 Å². The minimum Gasteiger partial charge on any atom is -0.375 e. The van der Waals surface area contributed by atoms with E-state index in [1.54, 1.807) is 0 Å². The normalized spacial score (nSPS) is 17.8. The van der Waals surface area contributed by atoms with E-state index in [-0.39, 0.29) is 6.61 Å². The average molecular weight is 366 g/mol. The van der Waals surface area contributed by atoms with Gasteiger partial charge in [-0.15, -0.1) is 0 Å². The molecule has 1 atom stereocenters. The van der Waals surface area contributed by atoms with Gasteiger partial charge in [0.1, 0.15) is 23.9 Å². The maximum Gasteiger partial charge on any atom is 0.322 e. The van der Waals surface area contributed by atoms with Gasteiger partial charge in [0.05, 0.1) is 6.04 Å². The minimum absolute atomic E-state index is 0.173. The first-order chi connectivity index (χ1) is 12.6. The Labute approximate surface area is 149 Å². The lowest BCUT2D eigenvalue weighted by Crippen LogP contribution is -2.38. The minimum atomic E-state index is -0.827. The molecular weight excluding hydrogens is 346 g/mol. The molecule has 1 fully saturated rings. The summed E-state index contributed by atoms with van der Waals surface area (Å²) in [6, 6.07) is 2.40. The van der Waals surface area contributed by atoms with Gasteiger partial charge in [0.2, 0.25) is 0 Å². The topological polar surface area (TPSA) is 80.5 Å². The molecule has 1 unspecified atom stereocenters. The quantitative estimate of drug-likeness (QED) is 0.893. The van der Waals surface area contributed by atoms with Gasteiger partial charge < -0.3 is 19.5 Å². The van der Waals surface area contributed by atoms with Crippen LogP contribution in [-0.2, 0) is 11.3 Å². The van der Waals surface area contributed by atoms with Gasteiger partial charge in [0.15, 0.2) is 5.82 Å². The summed E-state index contributed by atoms with van der Waals surface area (Å²) in [5, 5.41) is 6.27. The monoisotopic (exact) mass is 366 g/mol. The molecule has 0 aliphatic carbocycles. The zero-order valence-corrected chi connectivity index (χ0v) is 14.4. The second-order valence-corrected chi connectivity index (χ2v) is 6.06. The standard InChI is InChI=1S/C17H20F2N4O3/c1-25-10-14-20-16(22-26-14)13-8-3-2-4-9-23(13)17(24)21-15-11(18)6-5-7-12(15)19/h5-7,13H,2-4,8-10H2,1H3,(H,21,24). The van der Waals surface area contributed by atoms with Gasteiger partial charge in [-0.2, -0.15) is 4.98 Å². The zero-order chi connectivity index (χ0) is 18.5. The Morgan fingerprint density at radius 2 is 2.12 bits per heavy atom. The molecule has 26 heavy (non-hydrogen) atoms. The Hall–Kier alpha value is -2.55. The van der Waals surface area contributed by atoms with Crippen molar-refractivity contribution in [3.05, 3.63) is 41.5 Å². The third-order valence-corrected chi connectivity index (χ3v) is 4.26. The van der Waals surface area contributed by atoms with Crippen molar-refractivity contribution in [3.8, 4) is 0 Å². The van der Waals surface area contributed by atoms with Gasteiger partial charge in [-0.1, -0.05) is 24.1 Å². The lowest BCUT2D eigenvalue weighted by Gasteiger charge is -2.28. The predicted molar refractivity (Wildman–Crippen MR) is 88.3 cm³/mol. The van der Waals surface area contributed by atoms with E-state index in [1.807, 2.05) is 0 Å². The van der Waals surface area contributed by atoms with Gasteiger partial charge in [-0.05, 0) is 25.0 Å². The van der Waals surface area contributed by atoms with E-state index >= 15 is 0 Å². The molecule has 0 saturated carbocycles. The number of anilines is 1. The highest BCUT2D eigenvalue weighted by atomic mass is 19.1. The third kappa shape index (κ3) is 3.98. The van der Waals surface area contributed by atoms with Crippen LogP contribution < -0.4 is 5.32 Å². The number of rotatable bonds is 4. The van der Waals surface area contributed by atoms with E-state index in [0.717, 1.165) is 31.4 Å². The highest BCUT2D eigenvalue weighted by Crippen LogP contribution is 2.30. The Balaban J connectivity index is 1.82. The van der Waals surface area contributed by atoms with Crippen molar-refractivity contribution in [2.24, 2.45) is 0 Å². The van der Waals surface area contributed by atoms with E-state index in [9.17, 15) is 13.6 Å². The number of para-hydroxylation sites is 1. The molecule has 1 N–H and O–H groups in total. The molecule has 2 heterocycles. The Bertz CT molecular complexity index is 748. The number of amides is 2. The van der Waals surface area contributed by atoms with Crippen LogP contribution >= 0.6 is 0 Å². The predicted octanol–water partition coefficient (Wildman–Crippen LogP) is 3.64. The number of benzene rings is 1. The summed E-state index contributed by atoms with van der Waals surface area (Å²) >= 11 is 0. The molecule has 1 aliphatic heterocycles. The fourth-order valence-electron chi connectivity index (χ4n) is 3.00. The van der Waals surface area contributed by atoms with Crippen molar-refractivity contribution in [2.45, 2.75) is 38.3 Å². The summed E-state index contributed by atoms with van der Waals surface area (Å²) in [7, 11) is 1.51. The molecule has 2 aromatic rings. The number of aromatic nitrogens is 2. The number of nitrogens with one attached hydrogen (secondary N) is 1. The van der Waals surface area contributed by atoms with E-state index in [2.05, 4.69) is 15.5 Å². The molecule has 1 aromatic heterocycles. The molecule has 0 radical (unpaired) electrons. The van der Waals surface area contributed by atoms with Gasteiger partial charge in [0, 0.05) is 13.7 Å². The molecule has 7 nitrogen and oxygen atoms in total. The second-order valence-electron chi connectivity index (χ2n) is 6.06. The van der Waals surface area contributed by atoms with Crippen molar-refractivity contribution < 1.29 is 22.8 Å². The first-order valence-corrected chi connectivity index (χ1v) is 8.43. The summed E-state index contributed by atoms with van der Waals surface area (Å²) in [4.78, 5) is 18.5. The van der Waals surface area contributed by atoms with Crippen molar-refractivity contribution in [1.82, 2.24) is 15.0 Å². The molecule has 140 valence electrons. The molecule has 3 rings (SSSR count). The highest BCUT2D eigenvalue weighted by molar-refractivity contribution is 5.89. The maximum atomic E-state index is 13.8. The van der Waals surface area contributed by atoms with Crippen molar-refractivity contribution in [3.63, 3.8) is 0 Å². The number of ether oxygens (including phenoxy) is 1. The smallest absolute Gasteiger partial charge is 0.322 e. The molecule has 1 saturated heterocycles. The molecule has 1 aliphatic rings. The number of methoxy groups -OCH3 is 1. The highest BCUT2D eigenvalue weighted by Gasteiger charge is 2.31. The SMILES string of the molecule is COCc1nc(C2CCCCCN2C(=O)Nc2c(F)cccc2F)no1. The zero-order valence-electron chi connectivity index (χ0n) is 14.4. The number of halogens is 2. The number of likely N-dealkylation sites (tertiary alicyclic amines) is 1. The van der Waals surface area contributed by atoms with Gasteiger partial charge in [-0.3, -0.25) is 0 Å². The van der Waals surface area contributed by atoms with Crippen LogP contribution in [0, 0.1) is 11.6 Å². The molecule has 1 aromatic carbocycles. The summed E-state index contributed by atoms with van der Waals surface area (Å²) in [6.07, 6.45) is 3.25. The molecule has 0 spiro atoms. The molecular formula is C17H20F2N4O3. The summed E-state index contributed by atoms with van der Waals surface area (Å²) < 4.78 is 37.8. The van der Waals surface area contributed by atoms with E-state index in [4.69, 9.17) is 9.26 Å². The number of carbonyl (C=O) groups excluding carboxylic acids is 1. The van der Waals surface area contributed by atoms with Crippen LogP contribution in [0.2, 0.25) is 0 Å². The Morgan fingerprint density at radius 3 is 2.85 bits per heavy atom. The maximum absolute atomic E-state index is 13.8. The lowest BCUT2D eigenvalue weighted by molar-refractivity contribution is 0.151. The van der Waals surface area contributed by atoms with Crippen LogP contribution in [0.15, 0.2) is 22.7 Å². The second kappa shape index (κ2) is 8.22.